The number of fused-ring (bicyclic) bond motifs is 1. The van der Waals surface area contributed by atoms with Gasteiger partial charge >= 0.3 is 0 Å². The first-order valence-electron chi connectivity index (χ1n) is 9.77. The number of carbonyl (C=O) groups excluding carboxylic acids is 2. The average molecular weight is 393 g/mol. The van der Waals surface area contributed by atoms with Crippen molar-refractivity contribution in [3.8, 4) is 11.5 Å². The van der Waals surface area contributed by atoms with E-state index in [9.17, 15) is 9.59 Å². The van der Waals surface area contributed by atoms with Crippen molar-refractivity contribution in [2.45, 2.75) is 44.6 Å². The summed E-state index contributed by atoms with van der Waals surface area (Å²) in [7, 11) is 0. The number of nitrogens with one attached hydrogen (secondary N) is 1. The lowest BCUT2D eigenvalue weighted by atomic mass is 10.1. The maximum Gasteiger partial charge on any atom is 0.225 e. The standard InChI is InChI=1S/C20H25ClN2O4/c21-16-9-13(10-17-19(16)27-8-7-26-17)5-6-22-20(25)14-11-18(24)23(12-14)15-3-1-2-4-15/h9-10,14-15H,1-8,11-12H2,(H,22,25). The fourth-order valence-electron chi connectivity index (χ4n) is 4.26. The van der Waals surface area contributed by atoms with Gasteiger partial charge in [-0.05, 0) is 37.0 Å². The highest BCUT2D eigenvalue weighted by molar-refractivity contribution is 6.32. The lowest BCUT2D eigenvalue weighted by molar-refractivity contribution is -0.130. The molecule has 0 bridgehead atoms. The molecule has 1 saturated carbocycles. The molecule has 7 heteroatoms. The van der Waals surface area contributed by atoms with Gasteiger partial charge < -0.3 is 19.7 Å². The number of carbonyl (C=O) groups is 2. The van der Waals surface area contributed by atoms with E-state index in [1.165, 1.54) is 12.8 Å². The van der Waals surface area contributed by atoms with Gasteiger partial charge in [0.05, 0.1) is 10.9 Å². The van der Waals surface area contributed by atoms with Gasteiger partial charge in [-0.1, -0.05) is 24.4 Å². The van der Waals surface area contributed by atoms with E-state index in [1.807, 2.05) is 17.0 Å². The molecule has 27 heavy (non-hydrogen) atoms. The van der Waals surface area contributed by atoms with Gasteiger partial charge in [-0.15, -0.1) is 0 Å². The van der Waals surface area contributed by atoms with Gasteiger partial charge in [0, 0.05) is 25.6 Å². The lowest BCUT2D eigenvalue weighted by Gasteiger charge is -2.23. The molecule has 1 aromatic carbocycles. The monoisotopic (exact) mass is 392 g/mol. The maximum absolute atomic E-state index is 12.5. The van der Waals surface area contributed by atoms with Crippen molar-refractivity contribution in [1.82, 2.24) is 10.2 Å². The smallest absolute Gasteiger partial charge is 0.225 e. The Bertz CT molecular complexity index is 733. The number of hydrogen-bond donors (Lipinski definition) is 1. The van der Waals surface area contributed by atoms with Crippen molar-refractivity contribution in [3.63, 3.8) is 0 Å². The number of benzene rings is 1. The fourth-order valence-corrected chi connectivity index (χ4v) is 4.55. The molecule has 4 rings (SSSR count). The first-order valence-corrected chi connectivity index (χ1v) is 10.1. The molecule has 1 saturated heterocycles. The fraction of sp³-hybridized carbons (Fsp3) is 0.600. The van der Waals surface area contributed by atoms with Crippen LogP contribution in [0.4, 0.5) is 0 Å². The normalized spacial score (nSPS) is 22.3. The van der Waals surface area contributed by atoms with Crippen LogP contribution in [0.15, 0.2) is 12.1 Å². The van der Waals surface area contributed by atoms with Gasteiger partial charge in [-0.3, -0.25) is 9.59 Å². The Labute approximate surface area is 164 Å². The quantitative estimate of drug-likeness (QED) is 0.836. The second-order valence-electron chi connectivity index (χ2n) is 7.53. The molecule has 0 radical (unpaired) electrons. The Hall–Kier alpha value is -1.95. The minimum Gasteiger partial charge on any atom is -0.486 e. The Morgan fingerprint density at radius 3 is 2.81 bits per heavy atom. The molecule has 2 fully saturated rings. The maximum atomic E-state index is 12.5. The third-order valence-electron chi connectivity index (χ3n) is 5.66. The summed E-state index contributed by atoms with van der Waals surface area (Å²) in [4.78, 5) is 26.7. The number of likely N-dealkylation sites (tertiary alicyclic amines) is 1. The van der Waals surface area contributed by atoms with Gasteiger partial charge in [0.25, 0.3) is 0 Å². The van der Waals surface area contributed by atoms with E-state index >= 15 is 0 Å². The highest BCUT2D eigenvalue weighted by atomic mass is 35.5. The minimum atomic E-state index is -0.234. The van der Waals surface area contributed by atoms with Crippen molar-refractivity contribution in [3.05, 3.63) is 22.7 Å². The van der Waals surface area contributed by atoms with Crippen molar-refractivity contribution in [2.24, 2.45) is 5.92 Å². The molecule has 2 amide bonds. The number of halogens is 1. The van der Waals surface area contributed by atoms with Crippen LogP contribution < -0.4 is 14.8 Å². The van der Waals surface area contributed by atoms with Crippen LogP contribution in [-0.4, -0.2) is 49.1 Å². The van der Waals surface area contributed by atoms with Crippen LogP contribution in [0.1, 0.15) is 37.7 Å². The highest BCUT2D eigenvalue weighted by Gasteiger charge is 2.38. The molecule has 2 aliphatic heterocycles. The molecule has 1 N–H and O–H groups in total. The molecule has 6 nitrogen and oxygen atoms in total. The third-order valence-corrected chi connectivity index (χ3v) is 5.94. The third kappa shape index (κ3) is 4.00. The summed E-state index contributed by atoms with van der Waals surface area (Å²) < 4.78 is 11.1. The second kappa shape index (κ2) is 7.97. The molecule has 0 aromatic heterocycles. The molecule has 1 unspecified atom stereocenters. The predicted octanol–water partition coefficient (Wildman–Crippen LogP) is 2.56. The van der Waals surface area contributed by atoms with E-state index in [0.717, 1.165) is 18.4 Å². The molecule has 1 atom stereocenters. The second-order valence-corrected chi connectivity index (χ2v) is 7.94. The van der Waals surface area contributed by atoms with Crippen LogP contribution in [-0.2, 0) is 16.0 Å². The van der Waals surface area contributed by atoms with Gasteiger partial charge in [0.15, 0.2) is 11.5 Å². The SMILES string of the molecule is O=C(NCCc1cc(Cl)c2c(c1)OCCO2)C1CC(=O)N(C2CCCC2)C1. The van der Waals surface area contributed by atoms with Crippen LogP contribution in [0.5, 0.6) is 11.5 Å². The van der Waals surface area contributed by atoms with E-state index in [4.69, 9.17) is 21.1 Å². The number of nitrogens with zero attached hydrogens (tertiary/aromatic N) is 1. The summed E-state index contributed by atoms with van der Waals surface area (Å²) >= 11 is 6.25. The number of amides is 2. The largest absolute Gasteiger partial charge is 0.486 e. The topological polar surface area (TPSA) is 67.9 Å². The Kier molecular flexibility index (Phi) is 5.43. The van der Waals surface area contributed by atoms with Gasteiger partial charge in [0.2, 0.25) is 11.8 Å². The average Bonchev–Trinajstić information content (AvgIpc) is 3.31. The molecule has 0 spiro atoms. The summed E-state index contributed by atoms with van der Waals surface area (Å²) in [5.41, 5.74) is 0.986. The van der Waals surface area contributed by atoms with E-state index < -0.39 is 0 Å². The van der Waals surface area contributed by atoms with Gasteiger partial charge in [-0.25, -0.2) is 0 Å². The van der Waals surface area contributed by atoms with Crippen molar-refractivity contribution >= 4 is 23.4 Å². The van der Waals surface area contributed by atoms with Crippen molar-refractivity contribution in [2.75, 3.05) is 26.3 Å². The van der Waals surface area contributed by atoms with Crippen LogP contribution in [0, 0.1) is 5.92 Å². The zero-order valence-electron chi connectivity index (χ0n) is 15.3. The number of hydrogen-bond acceptors (Lipinski definition) is 4. The highest BCUT2D eigenvalue weighted by Crippen LogP contribution is 2.38. The van der Waals surface area contributed by atoms with Gasteiger partial charge in [-0.2, -0.15) is 0 Å². The first kappa shape index (κ1) is 18.4. The van der Waals surface area contributed by atoms with Crippen LogP contribution in [0.3, 0.4) is 0 Å². The van der Waals surface area contributed by atoms with Crippen LogP contribution in [0.2, 0.25) is 5.02 Å². The first-order chi connectivity index (χ1) is 13.1. The van der Waals surface area contributed by atoms with Crippen LogP contribution >= 0.6 is 11.6 Å². The number of rotatable bonds is 5. The lowest BCUT2D eigenvalue weighted by Crippen LogP contribution is -2.37. The summed E-state index contributed by atoms with van der Waals surface area (Å²) in [5.74, 6) is 1.10. The molecule has 1 aromatic rings. The summed E-state index contributed by atoms with van der Waals surface area (Å²) in [6.07, 6.45) is 5.50. The zero-order valence-corrected chi connectivity index (χ0v) is 16.1. The van der Waals surface area contributed by atoms with E-state index in [1.54, 1.807) is 0 Å². The molecular weight excluding hydrogens is 368 g/mol. The summed E-state index contributed by atoms with van der Waals surface area (Å²) in [5, 5.41) is 3.50. The van der Waals surface area contributed by atoms with E-state index in [-0.39, 0.29) is 17.7 Å². The van der Waals surface area contributed by atoms with E-state index in [2.05, 4.69) is 5.32 Å². The summed E-state index contributed by atoms with van der Waals surface area (Å²) in [6.45, 7) is 2.07. The Balaban J connectivity index is 1.29. The molecule has 146 valence electrons. The molecule has 3 aliphatic rings. The van der Waals surface area contributed by atoms with Gasteiger partial charge in [0.1, 0.15) is 13.2 Å². The molecule has 1 aliphatic carbocycles. The number of ether oxygens (including phenoxy) is 2. The molecular formula is C20H25ClN2O4. The Morgan fingerprint density at radius 2 is 2.00 bits per heavy atom. The molecule has 2 heterocycles. The summed E-state index contributed by atoms with van der Waals surface area (Å²) in [6, 6.07) is 4.10. The van der Waals surface area contributed by atoms with Crippen LogP contribution in [0.25, 0.3) is 0 Å². The Morgan fingerprint density at radius 1 is 1.22 bits per heavy atom. The zero-order chi connectivity index (χ0) is 18.8. The van der Waals surface area contributed by atoms with Crippen molar-refractivity contribution < 1.29 is 19.1 Å². The predicted molar refractivity (Wildman–Crippen MR) is 101 cm³/mol. The van der Waals surface area contributed by atoms with E-state index in [0.29, 0.717) is 61.7 Å². The van der Waals surface area contributed by atoms with Crippen molar-refractivity contribution in [1.29, 1.82) is 0 Å². The minimum absolute atomic E-state index is 0.0347.